The summed E-state index contributed by atoms with van der Waals surface area (Å²) >= 11 is 0. The highest BCUT2D eigenvalue weighted by atomic mass is 127. The molecule has 0 radical (unpaired) electrons. The minimum Gasteiger partial charge on any atom is -0.130 e. The van der Waals surface area contributed by atoms with E-state index in [1.54, 1.807) is 5.57 Å². The fourth-order valence-corrected chi connectivity index (χ4v) is 2.89. The minimum absolute atomic E-state index is 0. The lowest BCUT2D eigenvalue weighted by atomic mass is 9.77. The third kappa shape index (κ3) is 22.2. The molecule has 0 saturated heterocycles. The molecule has 0 bridgehead atoms. The van der Waals surface area contributed by atoms with Gasteiger partial charge in [-0.25, -0.2) is 0 Å². The van der Waals surface area contributed by atoms with Crippen LogP contribution in [-0.2, 0) is 0 Å². The number of hydrogen-bond donors (Lipinski definition) is 0. The van der Waals surface area contributed by atoms with Crippen LogP contribution in [-0.4, -0.2) is 0 Å². The first kappa shape index (κ1) is 37.5. The van der Waals surface area contributed by atoms with Gasteiger partial charge in [-0.15, -0.1) is 42.9 Å². The van der Waals surface area contributed by atoms with Gasteiger partial charge < -0.3 is 0 Å². The molecular formula is C30H55I. The average molecular weight is 543 g/mol. The maximum atomic E-state index is 3.93. The van der Waals surface area contributed by atoms with Crippen molar-refractivity contribution in [3.8, 4) is 0 Å². The Kier molecular flexibility index (Phi) is 33.0. The standard InChI is InChI=1S/C21H32.C5H10.2C2H6.HI/c1-6-8-9-13-20(11-7-2)21-14-10-12-19(16-21)15-18(5)17(3)4;1-4-5(2)3;2*1-2;/h6-7,9-10,12,14,17-18,20-21H,2,11,13,15-16H2,1,3-5H3;2,4H2,1,3H3;2*1-2H3;1H. The van der Waals surface area contributed by atoms with Crippen LogP contribution in [0.25, 0.3) is 0 Å². The lowest BCUT2D eigenvalue weighted by molar-refractivity contribution is 0.369. The predicted octanol–water partition coefficient (Wildman–Crippen LogP) is 11.1. The molecule has 0 heterocycles. The van der Waals surface area contributed by atoms with Crippen molar-refractivity contribution in [2.75, 3.05) is 0 Å². The van der Waals surface area contributed by atoms with Crippen LogP contribution >= 0.6 is 24.0 Å². The highest BCUT2D eigenvalue weighted by Gasteiger charge is 2.21. The van der Waals surface area contributed by atoms with Crippen LogP contribution in [0, 0.1) is 23.7 Å². The van der Waals surface area contributed by atoms with E-state index < -0.39 is 0 Å². The van der Waals surface area contributed by atoms with Crippen molar-refractivity contribution >= 4 is 24.0 Å². The molecule has 0 fully saturated rings. The average Bonchev–Trinajstić information content (AvgIpc) is 2.76. The monoisotopic (exact) mass is 542 g/mol. The minimum atomic E-state index is 0. The Morgan fingerprint density at radius 1 is 1.16 bits per heavy atom. The largest absolute Gasteiger partial charge is 0.130 e. The maximum Gasteiger partial charge on any atom is -0.0159 e. The zero-order chi connectivity index (χ0) is 23.9. The molecule has 0 aliphatic heterocycles. The predicted molar refractivity (Wildman–Crippen MR) is 158 cm³/mol. The molecule has 1 heteroatoms. The third-order valence-electron chi connectivity index (χ3n) is 5.29. The summed E-state index contributed by atoms with van der Waals surface area (Å²) in [4.78, 5) is 0. The van der Waals surface area contributed by atoms with Crippen LogP contribution in [0.1, 0.15) is 101 Å². The van der Waals surface area contributed by atoms with Gasteiger partial charge in [-0.05, 0) is 81.8 Å². The third-order valence-corrected chi connectivity index (χ3v) is 5.29. The highest BCUT2D eigenvalue weighted by Crippen LogP contribution is 2.34. The Morgan fingerprint density at radius 2 is 1.71 bits per heavy atom. The van der Waals surface area contributed by atoms with Gasteiger partial charge in [-0.2, -0.15) is 0 Å². The Labute approximate surface area is 214 Å². The second kappa shape index (κ2) is 27.2. The molecule has 3 atom stereocenters. The van der Waals surface area contributed by atoms with Crippen molar-refractivity contribution in [3.63, 3.8) is 0 Å². The van der Waals surface area contributed by atoms with Gasteiger partial charge in [0.25, 0.3) is 0 Å². The number of halogens is 1. The van der Waals surface area contributed by atoms with Crippen LogP contribution in [0.2, 0.25) is 0 Å². The summed E-state index contributed by atoms with van der Waals surface area (Å²) in [5.74, 6) is 2.84. The molecule has 3 unspecified atom stereocenters. The molecule has 0 saturated carbocycles. The quantitative estimate of drug-likeness (QED) is 0.154. The molecule has 1 aliphatic rings. The molecule has 0 spiro atoms. The fourth-order valence-electron chi connectivity index (χ4n) is 2.89. The fraction of sp³-hybridized carbons (Fsp3) is 0.633. The topological polar surface area (TPSA) is 0 Å². The molecule has 1 aliphatic carbocycles. The van der Waals surface area contributed by atoms with Crippen molar-refractivity contribution in [1.29, 1.82) is 0 Å². The summed E-state index contributed by atoms with van der Waals surface area (Å²) in [6.07, 6.45) is 19.0. The van der Waals surface area contributed by atoms with Crippen molar-refractivity contribution < 1.29 is 0 Å². The molecule has 0 aromatic heterocycles. The molecule has 0 aromatic rings. The van der Waals surface area contributed by atoms with Crippen LogP contribution in [0.3, 0.4) is 0 Å². The normalized spacial score (nSPS) is 15.5. The summed E-state index contributed by atoms with van der Waals surface area (Å²) in [5.41, 5.74) is 6.08. The highest BCUT2D eigenvalue weighted by molar-refractivity contribution is 14.0. The molecule has 0 N–H and O–H groups in total. The SMILES string of the molecule is C=C(C)CC.C=CCC(CC=C=CC)C1C=CC=C(CC(C)C(C)C)C1.CC.CC.I. The van der Waals surface area contributed by atoms with E-state index in [-0.39, 0.29) is 24.0 Å². The summed E-state index contributed by atoms with van der Waals surface area (Å²) in [6.45, 7) is 28.8. The van der Waals surface area contributed by atoms with Gasteiger partial charge in [-0.3, -0.25) is 0 Å². The summed E-state index contributed by atoms with van der Waals surface area (Å²) in [7, 11) is 0. The second-order valence-electron chi connectivity index (χ2n) is 7.99. The summed E-state index contributed by atoms with van der Waals surface area (Å²) in [6, 6.07) is 0. The van der Waals surface area contributed by atoms with Crippen LogP contribution in [0.4, 0.5) is 0 Å². The van der Waals surface area contributed by atoms with Crippen molar-refractivity contribution in [1.82, 2.24) is 0 Å². The van der Waals surface area contributed by atoms with Gasteiger partial charge in [0.1, 0.15) is 0 Å². The summed E-state index contributed by atoms with van der Waals surface area (Å²) < 4.78 is 0. The van der Waals surface area contributed by atoms with Gasteiger partial charge in [0, 0.05) is 0 Å². The second-order valence-corrected chi connectivity index (χ2v) is 7.99. The Morgan fingerprint density at radius 3 is 2.13 bits per heavy atom. The molecule has 0 aromatic carbocycles. The number of allylic oxidation sites excluding steroid dienone is 7. The summed E-state index contributed by atoms with van der Waals surface area (Å²) in [5, 5.41) is 0. The van der Waals surface area contributed by atoms with E-state index >= 15 is 0 Å². The van der Waals surface area contributed by atoms with Crippen LogP contribution in [0.5, 0.6) is 0 Å². The van der Waals surface area contributed by atoms with Crippen molar-refractivity contribution in [3.05, 3.63) is 66.5 Å². The Bertz CT molecular complexity index is 527. The zero-order valence-electron chi connectivity index (χ0n) is 22.6. The van der Waals surface area contributed by atoms with E-state index in [0.29, 0.717) is 11.8 Å². The first-order chi connectivity index (χ1) is 14.3. The van der Waals surface area contributed by atoms with Gasteiger partial charge >= 0.3 is 0 Å². The van der Waals surface area contributed by atoms with E-state index in [2.05, 4.69) is 77.0 Å². The number of hydrogen-bond acceptors (Lipinski definition) is 0. The van der Waals surface area contributed by atoms with Gasteiger partial charge in [0.05, 0.1) is 0 Å². The smallest absolute Gasteiger partial charge is 0.0159 e. The lowest BCUT2D eigenvalue weighted by Gasteiger charge is -2.27. The van der Waals surface area contributed by atoms with E-state index in [1.165, 1.54) is 18.4 Å². The molecule has 31 heavy (non-hydrogen) atoms. The molecular weight excluding hydrogens is 487 g/mol. The van der Waals surface area contributed by atoms with E-state index in [4.69, 9.17) is 0 Å². The molecule has 0 nitrogen and oxygen atoms in total. The van der Waals surface area contributed by atoms with Crippen molar-refractivity contribution in [2.45, 2.75) is 101 Å². The number of rotatable bonds is 9. The zero-order valence-corrected chi connectivity index (χ0v) is 25.0. The Balaban J connectivity index is -0.000000314. The van der Waals surface area contributed by atoms with Gasteiger partial charge in [0.15, 0.2) is 0 Å². The molecule has 0 amide bonds. The maximum absolute atomic E-state index is 3.93. The van der Waals surface area contributed by atoms with E-state index in [1.807, 2.05) is 47.6 Å². The Hall–Kier alpha value is -0.790. The first-order valence-corrected chi connectivity index (χ1v) is 12.3. The van der Waals surface area contributed by atoms with Crippen molar-refractivity contribution in [2.24, 2.45) is 23.7 Å². The van der Waals surface area contributed by atoms with E-state index in [0.717, 1.165) is 31.1 Å². The van der Waals surface area contributed by atoms with Crippen LogP contribution < -0.4 is 0 Å². The first-order valence-electron chi connectivity index (χ1n) is 12.3. The van der Waals surface area contributed by atoms with Crippen LogP contribution in [0.15, 0.2) is 66.5 Å². The van der Waals surface area contributed by atoms with Gasteiger partial charge in [-0.1, -0.05) is 90.8 Å². The van der Waals surface area contributed by atoms with Gasteiger partial charge in [0.2, 0.25) is 0 Å². The van der Waals surface area contributed by atoms with E-state index in [9.17, 15) is 0 Å². The molecule has 182 valence electrons. The lowest BCUT2D eigenvalue weighted by Crippen LogP contribution is -2.16. The molecule has 1 rings (SSSR count).